The fourth-order valence-electron chi connectivity index (χ4n) is 3.16. The van der Waals surface area contributed by atoms with Crippen molar-refractivity contribution < 1.29 is 19.1 Å². The Labute approximate surface area is 179 Å². The van der Waals surface area contributed by atoms with Crippen LogP contribution in [0.25, 0.3) is 0 Å². The number of hydrogen-bond donors (Lipinski definition) is 1. The zero-order valence-electron chi connectivity index (χ0n) is 18.3. The fraction of sp³-hybridized carbons (Fsp3) is 0.417. The summed E-state index contributed by atoms with van der Waals surface area (Å²) in [7, 11) is 1.59. The van der Waals surface area contributed by atoms with E-state index in [1.54, 1.807) is 36.3 Å². The number of ether oxygens (including phenoxy) is 2. The van der Waals surface area contributed by atoms with E-state index in [4.69, 9.17) is 9.47 Å². The summed E-state index contributed by atoms with van der Waals surface area (Å²) in [6.07, 6.45) is 1.37. The number of methoxy groups -OCH3 is 1. The minimum atomic E-state index is -0.553. The van der Waals surface area contributed by atoms with Crippen molar-refractivity contribution in [3.8, 4) is 11.5 Å². The molecule has 6 heteroatoms. The second-order valence-electron chi connectivity index (χ2n) is 7.13. The van der Waals surface area contributed by atoms with Gasteiger partial charge in [-0.25, -0.2) is 0 Å². The van der Waals surface area contributed by atoms with E-state index >= 15 is 0 Å². The lowest BCUT2D eigenvalue weighted by molar-refractivity contribution is -0.143. The van der Waals surface area contributed by atoms with Crippen molar-refractivity contribution in [3.05, 3.63) is 59.7 Å². The predicted molar refractivity (Wildman–Crippen MR) is 118 cm³/mol. The molecule has 0 saturated carbocycles. The maximum atomic E-state index is 13.1. The van der Waals surface area contributed by atoms with Gasteiger partial charge in [-0.05, 0) is 55.2 Å². The molecule has 0 spiro atoms. The Kier molecular flexibility index (Phi) is 9.19. The third-order valence-corrected chi connectivity index (χ3v) is 4.96. The lowest BCUT2D eigenvalue weighted by Gasteiger charge is -2.31. The number of carbonyl (C=O) groups is 2. The van der Waals surface area contributed by atoms with Crippen LogP contribution in [0.3, 0.4) is 0 Å². The molecule has 0 heterocycles. The molecule has 0 saturated heterocycles. The van der Waals surface area contributed by atoms with Gasteiger partial charge in [0.15, 0.2) is 6.61 Å². The highest BCUT2D eigenvalue weighted by Crippen LogP contribution is 2.19. The lowest BCUT2D eigenvalue weighted by atomic mass is 10.1. The van der Waals surface area contributed by atoms with Gasteiger partial charge in [0.1, 0.15) is 17.5 Å². The first-order valence-corrected chi connectivity index (χ1v) is 10.4. The molecule has 6 nitrogen and oxygen atoms in total. The Morgan fingerprint density at radius 1 is 1.03 bits per heavy atom. The van der Waals surface area contributed by atoms with Crippen LogP contribution in [-0.4, -0.2) is 43.0 Å². The molecule has 2 aromatic rings. The summed E-state index contributed by atoms with van der Waals surface area (Å²) in [5.74, 6) is 0.926. The normalized spacial score (nSPS) is 11.5. The smallest absolute Gasteiger partial charge is 0.261 e. The molecule has 2 amide bonds. The zero-order chi connectivity index (χ0) is 21.9. The van der Waals surface area contributed by atoms with E-state index in [9.17, 15) is 9.59 Å². The number of rotatable bonds is 11. The van der Waals surface area contributed by atoms with Crippen LogP contribution in [0.2, 0.25) is 0 Å². The first-order valence-electron chi connectivity index (χ1n) is 10.4. The van der Waals surface area contributed by atoms with E-state index in [1.807, 2.05) is 45.0 Å². The summed E-state index contributed by atoms with van der Waals surface area (Å²) in [6.45, 7) is 6.72. The minimum Gasteiger partial charge on any atom is -0.497 e. The minimum absolute atomic E-state index is 0.134. The van der Waals surface area contributed by atoms with E-state index in [0.29, 0.717) is 31.0 Å². The number of amides is 2. The number of hydrogen-bond acceptors (Lipinski definition) is 4. The summed E-state index contributed by atoms with van der Waals surface area (Å²) >= 11 is 0. The average Bonchev–Trinajstić information content (AvgIpc) is 2.77. The summed E-state index contributed by atoms with van der Waals surface area (Å²) in [5, 5.41) is 2.92. The van der Waals surface area contributed by atoms with Gasteiger partial charge in [0, 0.05) is 13.1 Å². The summed E-state index contributed by atoms with van der Waals surface area (Å²) < 4.78 is 10.8. The Morgan fingerprint density at radius 2 is 1.70 bits per heavy atom. The Hall–Kier alpha value is -3.02. The van der Waals surface area contributed by atoms with Crippen molar-refractivity contribution in [1.29, 1.82) is 0 Å². The predicted octanol–water partition coefficient (Wildman–Crippen LogP) is 3.72. The second-order valence-corrected chi connectivity index (χ2v) is 7.13. The van der Waals surface area contributed by atoms with E-state index < -0.39 is 6.04 Å². The quantitative estimate of drug-likeness (QED) is 0.611. The first kappa shape index (κ1) is 23.3. The molecule has 0 aliphatic carbocycles. The van der Waals surface area contributed by atoms with Gasteiger partial charge in [0.25, 0.3) is 5.91 Å². The number of carbonyl (C=O) groups excluding carboxylic acids is 2. The molecule has 0 fully saturated rings. The third-order valence-electron chi connectivity index (χ3n) is 4.96. The molecule has 2 rings (SSSR count). The molecule has 30 heavy (non-hydrogen) atoms. The SMILES string of the molecule is CCCNC(=O)C(CC)N(Cc1ccccc1C)C(=O)COc1ccc(OC)cc1. The summed E-state index contributed by atoms with van der Waals surface area (Å²) in [5.41, 5.74) is 2.09. The number of benzene rings is 2. The number of nitrogens with zero attached hydrogens (tertiary/aromatic N) is 1. The van der Waals surface area contributed by atoms with Crippen LogP contribution in [0.1, 0.15) is 37.8 Å². The van der Waals surface area contributed by atoms with E-state index in [-0.39, 0.29) is 18.4 Å². The van der Waals surface area contributed by atoms with Gasteiger partial charge in [-0.2, -0.15) is 0 Å². The first-order chi connectivity index (χ1) is 14.5. The molecular weight excluding hydrogens is 380 g/mol. The summed E-state index contributed by atoms with van der Waals surface area (Å²) in [4.78, 5) is 27.5. The molecule has 0 bridgehead atoms. The molecule has 0 aromatic heterocycles. The van der Waals surface area contributed by atoms with Crippen LogP contribution in [0.15, 0.2) is 48.5 Å². The van der Waals surface area contributed by atoms with Crippen molar-refractivity contribution in [2.75, 3.05) is 20.3 Å². The highest BCUT2D eigenvalue weighted by atomic mass is 16.5. The van der Waals surface area contributed by atoms with E-state index in [0.717, 1.165) is 17.5 Å². The van der Waals surface area contributed by atoms with Crippen LogP contribution in [0, 0.1) is 6.92 Å². The molecule has 1 unspecified atom stereocenters. The number of aryl methyl sites for hydroxylation is 1. The molecule has 0 aliphatic rings. The van der Waals surface area contributed by atoms with Crippen LogP contribution < -0.4 is 14.8 Å². The van der Waals surface area contributed by atoms with Crippen molar-refractivity contribution in [2.45, 2.75) is 46.2 Å². The Bertz CT molecular complexity index is 820. The van der Waals surface area contributed by atoms with Crippen molar-refractivity contribution in [3.63, 3.8) is 0 Å². The van der Waals surface area contributed by atoms with Crippen LogP contribution in [0.4, 0.5) is 0 Å². The van der Waals surface area contributed by atoms with Gasteiger partial charge in [-0.1, -0.05) is 38.1 Å². The summed E-state index contributed by atoms with van der Waals surface area (Å²) in [6, 6.07) is 14.4. The van der Waals surface area contributed by atoms with Gasteiger partial charge >= 0.3 is 0 Å². The zero-order valence-corrected chi connectivity index (χ0v) is 18.3. The standard InChI is InChI=1S/C24H32N2O4/c1-5-15-25-24(28)22(6-2)26(16-19-10-8-7-9-18(19)3)23(27)17-30-21-13-11-20(29-4)12-14-21/h7-14,22H,5-6,15-17H2,1-4H3,(H,25,28). The highest BCUT2D eigenvalue weighted by molar-refractivity contribution is 5.88. The Morgan fingerprint density at radius 3 is 2.30 bits per heavy atom. The molecule has 2 aromatic carbocycles. The Balaban J connectivity index is 2.18. The molecule has 0 aliphatic heterocycles. The van der Waals surface area contributed by atoms with E-state index in [2.05, 4.69) is 5.32 Å². The van der Waals surface area contributed by atoms with Gasteiger partial charge in [-0.15, -0.1) is 0 Å². The monoisotopic (exact) mass is 412 g/mol. The van der Waals surface area contributed by atoms with Crippen molar-refractivity contribution >= 4 is 11.8 Å². The van der Waals surface area contributed by atoms with Crippen molar-refractivity contribution in [2.24, 2.45) is 0 Å². The molecular formula is C24H32N2O4. The average molecular weight is 413 g/mol. The number of nitrogens with one attached hydrogen (secondary N) is 1. The van der Waals surface area contributed by atoms with Crippen LogP contribution >= 0.6 is 0 Å². The maximum absolute atomic E-state index is 13.1. The topological polar surface area (TPSA) is 67.9 Å². The molecule has 162 valence electrons. The van der Waals surface area contributed by atoms with Gasteiger partial charge in [-0.3, -0.25) is 9.59 Å². The van der Waals surface area contributed by atoms with E-state index in [1.165, 1.54) is 0 Å². The van der Waals surface area contributed by atoms with Crippen molar-refractivity contribution in [1.82, 2.24) is 10.2 Å². The lowest BCUT2D eigenvalue weighted by Crippen LogP contribution is -2.50. The van der Waals surface area contributed by atoms with Gasteiger partial charge in [0.2, 0.25) is 5.91 Å². The third kappa shape index (κ3) is 6.51. The largest absolute Gasteiger partial charge is 0.497 e. The highest BCUT2D eigenvalue weighted by Gasteiger charge is 2.29. The molecule has 0 radical (unpaired) electrons. The van der Waals surface area contributed by atoms with Gasteiger partial charge in [0.05, 0.1) is 7.11 Å². The second kappa shape index (κ2) is 11.9. The fourth-order valence-corrected chi connectivity index (χ4v) is 3.16. The molecule has 1 N–H and O–H groups in total. The van der Waals surface area contributed by atoms with Gasteiger partial charge < -0.3 is 19.7 Å². The van der Waals surface area contributed by atoms with Crippen LogP contribution in [-0.2, 0) is 16.1 Å². The van der Waals surface area contributed by atoms with Crippen LogP contribution in [0.5, 0.6) is 11.5 Å². The molecule has 1 atom stereocenters. The maximum Gasteiger partial charge on any atom is 0.261 e.